The van der Waals surface area contributed by atoms with E-state index in [4.69, 9.17) is 10.5 Å². The van der Waals surface area contributed by atoms with E-state index in [0.717, 1.165) is 32.4 Å². The molecular formula is C22H28N4O3S. The maximum Gasteiger partial charge on any atom is 0.343 e. The summed E-state index contributed by atoms with van der Waals surface area (Å²) in [6.45, 7) is 5.36. The zero-order chi connectivity index (χ0) is 21.5. The van der Waals surface area contributed by atoms with Gasteiger partial charge in [0, 0.05) is 19.3 Å². The van der Waals surface area contributed by atoms with E-state index in [2.05, 4.69) is 34.2 Å². The Labute approximate surface area is 181 Å². The van der Waals surface area contributed by atoms with Crippen molar-refractivity contribution in [2.75, 3.05) is 25.4 Å². The number of nitrogens with two attached hydrogens (primary N) is 1. The van der Waals surface area contributed by atoms with E-state index in [-0.39, 0.29) is 29.1 Å². The Morgan fingerprint density at radius 3 is 2.60 bits per heavy atom. The van der Waals surface area contributed by atoms with Crippen molar-refractivity contribution in [1.29, 1.82) is 0 Å². The van der Waals surface area contributed by atoms with Crippen molar-refractivity contribution < 1.29 is 14.3 Å². The van der Waals surface area contributed by atoms with E-state index in [0.29, 0.717) is 11.1 Å². The van der Waals surface area contributed by atoms with Crippen LogP contribution < -0.4 is 5.73 Å². The number of nitrogen functional groups attached to an aromatic ring is 1. The number of thioether (sulfide) groups is 1. The molecule has 0 radical (unpaired) electrons. The molecule has 0 aliphatic carbocycles. The van der Waals surface area contributed by atoms with Crippen molar-refractivity contribution in [2.45, 2.75) is 43.5 Å². The summed E-state index contributed by atoms with van der Waals surface area (Å²) in [4.78, 5) is 34.9. The molecule has 1 aromatic carbocycles. The van der Waals surface area contributed by atoms with Crippen molar-refractivity contribution in [2.24, 2.45) is 5.92 Å². The summed E-state index contributed by atoms with van der Waals surface area (Å²) in [7, 11) is 0. The van der Waals surface area contributed by atoms with Gasteiger partial charge in [0.2, 0.25) is 5.91 Å². The summed E-state index contributed by atoms with van der Waals surface area (Å²) >= 11 is 1.25. The number of aromatic nitrogens is 2. The van der Waals surface area contributed by atoms with Crippen LogP contribution in [0, 0.1) is 5.92 Å². The fourth-order valence-corrected chi connectivity index (χ4v) is 4.40. The van der Waals surface area contributed by atoms with Crippen molar-refractivity contribution in [3.8, 4) is 0 Å². The molecule has 0 bridgehead atoms. The topological polar surface area (TPSA) is 98.4 Å². The van der Waals surface area contributed by atoms with Crippen LogP contribution in [0.4, 0.5) is 5.82 Å². The third-order valence-corrected chi connectivity index (χ3v) is 6.18. The van der Waals surface area contributed by atoms with Crippen LogP contribution in [-0.2, 0) is 16.0 Å². The highest BCUT2D eigenvalue weighted by Gasteiger charge is 2.27. The quantitative estimate of drug-likeness (QED) is 0.411. The fraction of sp³-hybridized carbons (Fsp3) is 0.455. The van der Waals surface area contributed by atoms with E-state index < -0.39 is 5.97 Å². The van der Waals surface area contributed by atoms with E-state index in [1.54, 1.807) is 6.92 Å². The fourth-order valence-electron chi connectivity index (χ4n) is 3.57. The first-order valence-electron chi connectivity index (χ1n) is 10.3. The third-order valence-electron chi connectivity index (χ3n) is 5.21. The highest BCUT2D eigenvalue weighted by molar-refractivity contribution is 8.00. The summed E-state index contributed by atoms with van der Waals surface area (Å²) in [5.41, 5.74) is 7.36. The van der Waals surface area contributed by atoms with Gasteiger partial charge in [-0.1, -0.05) is 42.1 Å². The Balaban J connectivity index is 1.51. The molecule has 2 aromatic rings. The molecule has 1 aromatic heterocycles. The first-order chi connectivity index (χ1) is 14.5. The van der Waals surface area contributed by atoms with E-state index in [9.17, 15) is 9.59 Å². The monoisotopic (exact) mass is 428 g/mol. The minimum Gasteiger partial charge on any atom is -0.462 e. The molecule has 2 N–H and O–H groups in total. The van der Waals surface area contributed by atoms with Crippen molar-refractivity contribution in [3.05, 3.63) is 47.7 Å². The lowest BCUT2D eigenvalue weighted by Crippen LogP contribution is -2.42. The lowest BCUT2D eigenvalue weighted by atomic mass is 9.90. The second-order valence-corrected chi connectivity index (χ2v) is 8.70. The van der Waals surface area contributed by atoms with Crippen LogP contribution in [0.5, 0.6) is 0 Å². The number of hydrogen-bond acceptors (Lipinski definition) is 7. The van der Waals surface area contributed by atoms with Gasteiger partial charge in [-0.05, 0) is 44.6 Å². The smallest absolute Gasteiger partial charge is 0.343 e. The van der Waals surface area contributed by atoms with Crippen LogP contribution in [0.3, 0.4) is 0 Å². The standard InChI is InChI=1S/C22H28N4O3S/c1-3-29-21(28)18-14-24-22(25-19(18)23)30-15(2)20(27)26-11-9-17(10-12-26)13-16-7-5-4-6-8-16/h4-8,14-15,17H,3,9-13H2,1-2H3,(H2,23,24,25). The highest BCUT2D eigenvalue weighted by Crippen LogP contribution is 2.26. The number of anilines is 1. The average Bonchev–Trinajstić information content (AvgIpc) is 2.74. The van der Waals surface area contributed by atoms with Gasteiger partial charge in [-0.2, -0.15) is 0 Å². The lowest BCUT2D eigenvalue weighted by molar-refractivity contribution is -0.131. The van der Waals surface area contributed by atoms with Crippen LogP contribution in [0.25, 0.3) is 0 Å². The summed E-state index contributed by atoms with van der Waals surface area (Å²) < 4.78 is 4.93. The van der Waals surface area contributed by atoms with Crippen LogP contribution in [0.1, 0.15) is 42.6 Å². The van der Waals surface area contributed by atoms with Gasteiger partial charge in [-0.3, -0.25) is 4.79 Å². The number of benzene rings is 1. The maximum absolute atomic E-state index is 12.9. The van der Waals surface area contributed by atoms with Gasteiger partial charge >= 0.3 is 5.97 Å². The SMILES string of the molecule is CCOC(=O)c1cnc(SC(C)C(=O)N2CCC(Cc3ccccc3)CC2)nc1N. The molecule has 8 heteroatoms. The molecule has 7 nitrogen and oxygen atoms in total. The van der Waals surface area contributed by atoms with Crippen LogP contribution >= 0.6 is 11.8 Å². The molecule has 1 unspecified atom stereocenters. The number of carbonyl (C=O) groups is 2. The molecule has 3 rings (SSSR count). The highest BCUT2D eigenvalue weighted by atomic mass is 32.2. The van der Waals surface area contributed by atoms with Crippen LogP contribution in [0.2, 0.25) is 0 Å². The Bertz CT molecular complexity index is 870. The average molecular weight is 429 g/mol. The largest absolute Gasteiger partial charge is 0.462 e. The molecule has 160 valence electrons. The van der Waals surface area contributed by atoms with Gasteiger partial charge in [-0.15, -0.1) is 0 Å². The van der Waals surface area contributed by atoms with Crippen molar-refractivity contribution >= 4 is 29.5 Å². The number of ether oxygens (including phenoxy) is 1. The molecule has 1 saturated heterocycles. The van der Waals surface area contributed by atoms with E-state index in [1.807, 2.05) is 17.9 Å². The first-order valence-corrected chi connectivity index (χ1v) is 11.1. The number of carbonyl (C=O) groups excluding carboxylic acids is 2. The summed E-state index contributed by atoms with van der Waals surface area (Å²) in [5, 5.41) is 0.0453. The minimum atomic E-state index is -0.547. The Kier molecular flexibility index (Phi) is 7.68. The van der Waals surface area contributed by atoms with Gasteiger partial charge in [0.1, 0.15) is 11.4 Å². The molecule has 0 spiro atoms. The number of amides is 1. The second-order valence-electron chi connectivity index (χ2n) is 7.39. The number of nitrogens with zero attached hydrogens (tertiary/aromatic N) is 3. The van der Waals surface area contributed by atoms with Gasteiger partial charge in [0.15, 0.2) is 5.16 Å². The zero-order valence-corrected chi connectivity index (χ0v) is 18.2. The lowest BCUT2D eigenvalue weighted by Gasteiger charge is -2.33. The number of hydrogen-bond donors (Lipinski definition) is 1. The van der Waals surface area contributed by atoms with E-state index in [1.165, 1.54) is 23.5 Å². The number of likely N-dealkylation sites (tertiary alicyclic amines) is 1. The predicted octanol–water partition coefficient (Wildman–Crippen LogP) is 3.20. The van der Waals surface area contributed by atoms with Crippen LogP contribution in [-0.4, -0.2) is 51.7 Å². The molecule has 1 aliphatic heterocycles. The van der Waals surface area contributed by atoms with E-state index >= 15 is 0 Å². The molecule has 30 heavy (non-hydrogen) atoms. The van der Waals surface area contributed by atoms with Crippen molar-refractivity contribution in [3.63, 3.8) is 0 Å². The third kappa shape index (κ3) is 5.72. The molecule has 2 heterocycles. The summed E-state index contributed by atoms with van der Waals surface area (Å²) in [6, 6.07) is 10.5. The second kappa shape index (κ2) is 10.4. The Hall–Kier alpha value is -2.61. The minimum absolute atomic E-state index is 0.0623. The van der Waals surface area contributed by atoms with Gasteiger partial charge in [0.25, 0.3) is 0 Å². The van der Waals surface area contributed by atoms with Crippen LogP contribution in [0.15, 0.2) is 41.7 Å². The molecule has 1 amide bonds. The molecule has 0 saturated carbocycles. The maximum atomic E-state index is 12.9. The molecule has 1 aliphatic rings. The number of esters is 1. The molecule has 1 atom stereocenters. The Morgan fingerprint density at radius 2 is 1.97 bits per heavy atom. The first kappa shape index (κ1) is 22.1. The summed E-state index contributed by atoms with van der Waals surface area (Å²) in [6.07, 6.45) is 4.44. The van der Waals surface area contributed by atoms with Gasteiger partial charge in [0.05, 0.1) is 11.9 Å². The zero-order valence-electron chi connectivity index (χ0n) is 17.4. The molecule has 1 fully saturated rings. The predicted molar refractivity (Wildman–Crippen MR) is 117 cm³/mol. The number of piperidine rings is 1. The Morgan fingerprint density at radius 1 is 1.27 bits per heavy atom. The summed E-state index contributed by atoms with van der Waals surface area (Å²) in [5.74, 6) is 0.203. The van der Waals surface area contributed by atoms with Gasteiger partial charge in [-0.25, -0.2) is 14.8 Å². The van der Waals surface area contributed by atoms with Crippen molar-refractivity contribution in [1.82, 2.24) is 14.9 Å². The van der Waals surface area contributed by atoms with Gasteiger partial charge < -0.3 is 15.4 Å². The molecular weight excluding hydrogens is 400 g/mol. The number of rotatable bonds is 7. The normalized spacial score (nSPS) is 15.6.